The van der Waals surface area contributed by atoms with Crippen molar-refractivity contribution >= 4 is 17.5 Å². The molecule has 2 aromatic carbocycles. The smallest absolute Gasteiger partial charge is 0.214 e. The normalized spacial score (nSPS) is 12.1. The molecule has 1 heterocycles. The molecule has 170 valence electrons. The Morgan fingerprint density at radius 2 is 1.59 bits per heavy atom. The molecule has 3 aromatic rings. The number of thioether (sulfide) groups is 1. The van der Waals surface area contributed by atoms with Crippen LogP contribution in [0.5, 0.6) is 11.5 Å². The number of hydrogen-bond donors (Lipinski definition) is 1. The number of Topliss-reactive ketones (excluding diaryl/α,β-unsaturated/α-hetero) is 1. The molecule has 0 spiro atoms. The summed E-state index contributed by atoms with van der Waals surface area (Å²) in [5, 5.41) is 23.3. The van der Waals surface area contributed by atoms with Gasteiger partial charge in [0.05, 0.1) is 18.6 Å². The zero-order chi connectivity index (χ0) is 23.7. The van der Waals surface area contributed by atoms with Gasteiger partial charge in [0, 0.05) is 16.7 Å². The van der Waals surface area contributed by atoms with E-state index >= 15 is 0 Å². The minimum Gasteiger partial charge on any atom is -0.507 e. The summed E-state index contributed by atoms with van der Waals surface area (Å²) in [6.45, 7) is 12.2. The molecule has 0 radical (unpaired) electrons. The average Bonchev–Trinajstić information content (AvgIpc) is 3.19. The van der Waals surface area contributed by atoms with Crippen molar-refractivity contribution in [3.8, 4) is 17.2 Å². The second kappa shape index (κ2) is 8.94. The maximum atomic E-state index is 13.1. The lowest BCUT2D eigenvalue weighted by Gasteiger charge is -2.28. The first kappa shape index (κ1) is 23.8. The van der Waals surface area contributed by atoms with Gasteiger partial charge in [0.25, 0.3) is 0 Å². The fraction of sp³-hybridized carbons (Fsp3) is 0.417. The van der Waals surface area contributed by atoms with Gasteiger partial charge in [-0.2, -0.15) is 4.68 Å². The maximum absolute atomic E-state index is 13.1. The lowest BCUT2D eigenvalue weighted by molar-refractivity contribution is 0.102. The Hall–Kier alpha value is -2.87. The fourth-order valence-electron chi connectivity index (χ4n) is 3.31. The molecule has 0 bridgehead atoms. The van der Waals surface area contributed by atoms with E-state index in [1.54, 1.807) is 23.9 Å². The first-order chi connectivity index (χ1) is 14.9. The van der Waals surface area contributed by atoms with Crippen LogP contribution in [0.2, 0.25) is 0 Å². The minimum absolute atomic E-state index is 0.0460. The van der Waals surface area contributed by atoms with Crippen molar-refractivity contribution in [2.75, 3.05) is 12.9 Å². The molecular weight excluding hydrogens is 424 g/mol. The predicted molar refractivity (Wildman–Crippen MR) is 126 cm³/mol. The summed E-state index contributed by atoms with van der Waals surface area (Å²) in [7, 11) is 1.61. The van der Waals surface area contributed by atoms with E-state index in [9.17, 15) is 9.90 Å². The number of carbonyl (C=O) groups is 1. The molecule has 0 unspecified atom stereocenters. The van der Waals surface area contributed by atoms with Gasteiger partial charge in [-0.3, -0.25) is 4.79 Å². The molecule has 0 amide bonds. The number of tetrazole rings is 1. The van der Waals surface area contributed by atoms with Gasteiger partial charge >= 0.3 is 0 Å². The number of phenolic OH excluding ortho intramolecular Hbond substituents is 1. The minimum atomic E-state index is -0.300. The van der Waals surface area contributed by atoms with Crippen molar-refractivity contribution in [3.63, 3.8) is 0 Å². The number of methoxy groups -OCH3 is 1. The number of aromatic nitrogens is 4. The Labute approximate surface area is 193 Å². The standard InChI is InChI=1S/C24H30N4O3S/c1-23(2,3)18-12-15(13-19(21(18)30)24(4,5)6)20(29)14-32-22-25-26-27-28(22)16-8-10-17(31-7)11-9-16/h8-13,30H,14H2,1-7H3. The summed E-state index contributed by atoms with van der Waals surface area (Å²) in [6.07, 6.45) is 0. The third-order valence-electron chi connectivity index (χ3n) is 5.14. The van der Waals surface area contributed by atoms with Crippen LogP contribution in [0, 0.1) is 0 Å². The van der Waals surface area contributed by atoms with Crippen LogP contribution >= 0.6 is 11.8 Å². The van der Waals surface area contributed by atoms with Crippen molar-refractivity contribution in [1.29, 1.82) is 0 Å². The van der Waals surface area contributed by atoms with E-state index in [2.05, 4.69) is 15.5 Å². The molecule has 7 nitrogen and oxygen atoms in total. The molecular formula is C24H30N4O3S. The van der Waals surface area contributed by atoms with Gasteiger partial charge in [-0.15, -0.1) is 5.10 Å². The molecule has 0 fully saturated rings. The third kappa shape index (κ3) is 5.12. The molecule has 8 heteroatoms. The number of nitrogens with zero attached hydrogens (tertiary/aromatic N) is 4. The summed E-state index contributed by atoms with van der Waals surface area (Å²) in [5.74, 6) is 1.13. The van der Waals surface area contributed by atoms with Gasteiger partial charge in [-0.05, 0) is 57.7 Å². The van der Waals surface area contributed by atoms with Crippen molar-refractivity contribution in [2.24, 2.45) is 0 Å². The molecule has 0 aliphatic carbocycles. The SMILES string of the molecule is COc1ccc(-n2nnnc2SCC(=O)c2cc(C(C)(C)C)c(O)c(C(C)(C)C)c2)cc1. The van der Waals surface area contributed by atoms with Gasteiger partial charge in [-0.25, -0.2) is 0 Å². The lowest BCUT2D eigenvalue weighted by Crippen LogP contribution is -2.19. The first-order valence-electron chi connectivity index (χ1n) is 10.4. The highest BCUT2D eigenvalue weighted by atomic mass is 32.2. The Bertz CT molecular complexity index is 1070. The Morgan fingerprint density at radius 3 is 2.09 bits per heavy atom. The van der Waals surface area contributed by atoms with E-state index in [0.717, 1.165) is 22.6 Å². The van der Waals surface area contributed by atoms with Gasteiger partial charge in [0.2, 0.25) is 5.16 Å². The zero-order valence-corrected chi connectivity index (χ0v) is 20.4. The van der Waals surface area contributed by atoms with Crippen LogP contribution in [0.1, 0.15) is 63.0 Å². The number of phenols is 1. The zero-order valence-electron chi connectivity index (χ0n) is 19.6. The molecule has 0 saturated carbocycles. The highest BCUT2D eigenvalue weighted by molar-refractivity contribution is 7.99. The molecule has 0 aliphatic heterocycles. The largest absolute Gasteiger partial charge is 0.507 e. The second-order valence-corrected chi connectivity index (χ2v) is 10.6. The number of benzene rings is 2. The first-order valence-corrected chi connectivity index (χ1v) is 11.4. The van der Waals surface area contributed by atoms with Crippen LogP contribution in [-0.4, -0.2) is 44.0 Å². The van der Waals surface area contributed by atoms with Gasteiger partial charge < -0.3 is 9.84 Å². The predicted octanol–water partition coefficient (Wildman–Crippen LogP) is 4.95. The van der Waals surface area contributed by atoms with E-state index in [4.69, 9.17) is 4.74 Å². The van der Waals surface area contributed by atoms with Crippen molar-refractivity contribution in [2.45, 2.75) is 57.5 Å². The van der Waals surface area contributed by atoms with Crippen LogP contribution in [0.15, 0.2) is 41.6 Å². The second-order valence-electron chi connectivity index (χ2n) is 9.70. The lowest BCUT2D eigenvalue weighted by atomic mass is 9.78. The number of rotatable bonds is 6. The average molecular weight is 455 g/mol. The summed E-state index contributed by atoms with van der Waals surface area (Å²) in [4.78, 5) is 13.1. The highest BCUT2D eigenvalue weighted by Crippen LogP contribution is 2.40. The summed E-state index contributed by atoms with van der Waals surface area (Å²) < 4.78 is 6.78. The van der Waals surface area contributed by atoms with E-state index in [0.29, 0.717) is 10.7 Å². The van der Waals surface area contributed by atoms with Gasteiger partial charge in [0.15, 0.2) is 5.78 Å². The van der Waals surface area contributed by atoms with Crippen LogP contribution in [0.25, 0.3) is 5.69 Å². The molecule has 0 atom stereocenters. The monoisotopic (exact) mass is 454 g/mol. The number of carbonyl (C=O) groups excluding carboxylic acids is 1. The van der Waals surface area contributed by atoms with Gasteiger partial charge in [-0.1, -0.05) is 53.3 Å². The Morgan fingerprint density at radius 1 is 1.03 bits per heavy atom. The van der Waals surface area contributed by atoms with Crippen LogP contribution in [0.4, 0.5) is 0 Å². The Balaban J connectivity index is 1.87. The Kier molecular flexibility index (Phi) is 6.64. The molecule has 3 rings (SSSR count). The number of aromatic hydroxyl groups is 1. The molecule has 0 aliphatic rings. The van der Waals surface area contributed by atoms with Crippen molar-refractivity contribution in [3.05, 3.63) is 53.1 Å². The molecule has 0 saturated heterocycles. The molecule has 1 aromatic heterocycles. The van der Waals surface area contributed by atoms with E-state index in [-0.39, 0.29) is 28.1 Å². The van der Waals surface area contributed by atoms with Crippen molar-refractivity contribution in [1.82, 2.24) is 20.2 Å². The molecule has 1 N–H and O–H groups in total. The topological polar surface area (TPSA) is 90.1 Å². The van der Waals surface area contributed by atoms with E-state index < -0.39 is 0 Å². The number of ketones is 1. The van der Waals surface area contributed by atoms with Crippen LogP contribution in [-0.2, 0) is 10.8 Å². The van der Waals surface area contributed by atoms with Crippen LogP contribution in [0.3, 0.4) is 0 Å². The third-order valence-corrected chi connectivity index (χ3v) is 6.06. The van der Waals surface area contributed by atoms with E-state index in [1.165, 1.54) is 11.8 Å². The maximum Gasteiger partial charge on any atom is 0.214 e. The summed E-state index contributed by atoms with van der Waals surface area (Å²) in [6, 6.07) is 11.0. The number of hydrogen-bond acceptors (Lipinski definition) is 7. The number of ether oxygens (including phenoxy) is 1. The summed E-state index contributed by atoms with van der Waals surface area (Å²) in [5.41, 5.74) is 2.29. The fourth-order valence-corrected chi connectivity index (χ4v) is 4.09. The summed E-state index contributed by atoms with van der Waals surface area (Å²) >= 11 is 1.28. The van der Waals surface area contributed by atoms with Gasteiger partial charge in [0.1, 0.15) is 11.5 Å². The molecule has 32 heavy (non-hydrogen) atoms. The quantitative estimate of drug-likeness (QED) is 0.416. The van der Waals surface area contributed by atoms with E-state index in [1.807, 2.05) is 65.8 Å². The van der Waals surface area contributed by atoms with Crippen LogP contribution < -0.4 is 4.74 Å². The highest BCUT2D eigenvalue weighted by Gasteiger charge is 2.28. The van der Waals surface area contributed by atoms with Crippen molar-refractivity contribution < 1.29 is 14.6 Å².